The molecular weight excluding hydrogens is 504 g/mol. The molecule has 0 fully saturated rings. The first kappa shape index (κ1) is 21.3. The van der Waals surface area contributed by atoms with Crippen molar-refractivity contribution in [2.75, 3.05) is 0 Å². The summed E-state index contributed by atoms with van der Waals surface area (Å²) in [7, 11) is 0. The second-order valence-electron chi connectivity index (χ2n) is 8.46. The van der Waals surface area contributed by atoms with Crippen LogP contribution in [-0.4, -0.2) is 4.57 Å². The predicted molar refractivity (Wildman–Crippen MR) is 143 cm³/mol. The molecule has 3 nitrogen and oxygen atoms in total. The zero-order chi connectivity index (χ0) is 23.1. The van der Waals surface area contributed by atoms with E-state index in [1.54, 1.807) is 0 Å². The Hall–Kier alpha value is -3.28. The number of nitrogens with zero attached hydrogens (tertiary/aromatic N) is 2. The summed E-state index contributed by atoms with van der Waals surface area (Å²) < 4.78 is 3.61. The first-order valence-electron chi connectivity index (χ1n) is 11.3. The van der Waals surface area contributed by atoms with Crippen LogP contribution in [0.3, 0.4) is 0 Å². The predicted octanol–water partition coefficient (Wildman–Crippen LogP) is 5.75. The summed E-state index contributed by atoms with van der Waals surface area (Å²) >= 11 is 5.01. The van der Waals surface area contributed by atoms with Crippen LogP contribution in [0.25, 0.3) is 17.8 Å². The van der Waals surface area contributed by atoms with Gasteiger partial charge in [0.2, 0.25) is 0 Å². The molecule has 166 valence electrons. The monoisotopic (exact) mass is 524 g/mol. The smallest absolute Gasteiger partial charge is 0.271 e. The lowest BCUT2D eigenvalue weighted by Gasteiger charge is -2.30. The van der Waals surface area contributed by atoms with Gasteiger partial charge in [-0.05, 0) is 53.3 Å². The Morgan fingerprint density at radius 3 is 2.53 bits per heavy atom. The zero-order valence-electron chi connectivity index (χ0n) is 18.3. The van der Waals surface area contributed by atoms with Crippen LogP contribution in [-0.2, 0) is 6.42 Å². The third-order valence-electron chi connectivity index (χ3n) is 6.39. The molecule has 4 aromatic rings. The molecule has 0 N–H and O–H groups in total. The third-order valence-corrected chi connectivity index (χ3v) is 7.92. The van der Waals surface area contributed by atoms with Crippen molar-refractivity contribution in [1.29, 1.82) is 0 Å². The molecule has 34 heavy (non-hydrogen) atoms. The minimum Gasteiger partial charge on any atom is -0.272 e. The van der Waals surface area contributed by atoms with Gasteiger partial charge in [0.1, 0.15) is 0 Å². The minimum atomic E-state index is -0.145. The zero-order valence-corrected chi connectivity index (χ0v) is 20.7. The first-order valence-corrected chi connectivity index (χ1v) is 12.9. The summed E-state index contributed by atoms with van der Waals surface area (Å²) in [4.78, 5) is 19.5. The Balaban J connectivity index is 1.54. The Morgan fingerprint density at radius 1 is 0.941 bits per heavy atom. The van der Waals surface area contributed by atoms with Crippen LogP contribution in [0.2, 0.25) is 0 Å². The molecule has 0 saturated carbocycles. The summed E-state index contributed by atoms with van der Waals surface area (Å²) in [6.45, 7) is 0. The van der Waals surface area contributed by atoms with Gasteiger partial charge in [-0.25, -0.2) is 4.99 Å². The number of aryl methyl sites for hydroxylation is 1. The number of allylic oxidation sites excluding steroid dienone is 2. The van der Waals surface area contributed by atoms with Crippen LogP contribution < -0.4 is 14.9 Å². The van der Waals surface area contributed by atoms with E-state index in [0.717, 1.165) is 38.9 Å². The Morgan fingerprint density at radius 2 is 1.71 bits per heavy atom. The molecule has 0 radical (unpaired) electrons. The van der Waals surface area contributed by atoms with Gasteiger partial charge in [0.05, 0.1) is 16.3 Å². The summed E-state index contributed by atoms with van der Waals surface area (Å²) in [5, 5.41) is 0. The highest BCUT2D eigenvalue weighted by atomic mass is 79.9. The average molecular weight is 525 g/mol. The van der Waals surface area contributed by atoms with E-state index >= 15 is 0 Å². The number of aromatic nitrogens is 1. The lowest BCUT2D eigenvalue weighted by Crippen LogP contribution is -2.38. The highest BCUT2D eigenvalue weighted by Gasteiger charge is 2.32. The van der Waals surface area contributed by atoms with Gasteiger partial charge in [0.25, 0.3) is 5.56 Å². The molecule has 0 amide bonds. The van der Waals surface area contributed by atoms with Gasteiger partial charge in [-0.15, -0.1) is 0 Å². The molecule has 1 unspecified atom stereocenters. The van der Waals surface area contributed by atoms with E-state index in [2.05, 4.69) is 52.3 Å². The van der Waals surface area contributed by atoms with Crippen LogP contribution in [0.1, 0.15) is 34.7 Å². The quantitative estimate of drug-likeness (QED) is 0.336. The number of hydrogen-bond acceptors (Lipinski definition) is 3. The van der Waals surface area contributed by atoms with Crippen LogP contribution in [0.4, 0.5) is 0 Å². The number of halogens is 1. The maximum atomic E-state index is 13.6. The highest BCUT2D eigenvalue weighted by Crippen LogP contribution is 2.41. The van der Waals surface area contributed by atoms with E-state index in [1.165, 1.54) is 28.0 Å². The summed E-state index contributed by atoms with van der Waals surface area (Å²) in [6.07, 6.45) is 7.74. The number of fused-ring (bicyclic) bond motifs is 3. The van der Waals surface area contributed by atoms with E-state index in [0.29, 0.717) is 4.53 Å². The number of hydrogen-bond donors (Lipinski definition) is 0. The number of benzene rings is 3. The van der Waals surface area contributed by atoms with Crippen molar-refractivity contribution < 1.29 is 0 Å². The molecular formula is C29H21BrN2OS. The third kappa shape index (κ3) is 3.75. The van der Waals surface area contributed by atoms with E-state index in [1.807, 2.05) is 65.3 Å². The Labute approximate surface area is 209 Å². The van der Waals surface area contributed by atoms with Crippen molar-refractivity contribution in [3.63, 3.8) is 0 Å². The van der Waals surface area contributed by atoms with E-state index in [-0.39, 0.29) is 11.6 Å². The normalized spacial score (nSPS) is 17.3. The molecule has 1 aromatic heterocycles. The summed E-state index contributed by atoms with van der Waals surface area (Å²) in [5.41, 5.74) is 6.99. The van der Waals surface area contributed by atoms with Crippen LogP contribution in [0.5, 0.6) is 0 Å². The largest absolute Gasteiger partial charge is 0.272 e. The average Bonchev–Trinajstić information content (AvgIpc) is 3.19. The summed E-state index contributed by atoms with van der Waals surface area (Å²) in [6, 6.07) is 26.8. The fourth-order valence-corrected chi connectivity index (χ4v) is 6.01. The van der Waals surface area contributed by atoms with Crippen molar-refractivity contribution in [3.05, 3.63) is 137 Å². The van der Waals surface area contributed by atoms with Crippen molar-refractivity contribution in [2.45, 2.75) is 18.9 Å². The van der Waals surface area contributed by atoms with Crippen LogP contribution >= 0.6 is 27.3 Å². The van der Waals surface area contributed by atoms with Gasteiger partial charge in [-0.3, -0.25) is 9.36 Å². The van der Waals surface area contributed by atoms with Gasteiger partial charge < -0.3 is 0 Å². The lowest BCUT2D eigenvalue weighted by molar-refractivity contribution is 0.585. The maximum Gasteiger partial charge on any atom is 0.271 e. The van der Waals surface area contributed by atoms with E-state index in [4.69, 9.17) is 4.99 Å². The van der Waals surface area contributed by atoms with Gasteiger partial charge in [-0.1, -0.05) is 106 Å². The molecule has 2 heterocycles. The van der Waals surface area contributed by atoms with Crippen molar-refractivity contribution in [3.8, 4) is 0 Å². The van der Waals surface area contributed by atoms with Gasteiger partial charge in [0, 0.05) is 10.0 Å². The van der Waals surface area contributed by atoms with Crippen molar-refractivity contribution >= 4 is 45.1 Å². The second kappa shape index (κ2) is 8.82. The minimum absolute atomic E-state index is 0.0137. The Kier molecular flexibility index (Phi) is 5.52. The SMILES string of the molecule is O=c1c(=C/C=C/c2ccccc2)sc2n1C(c1ccc(Br)cc1)C1=C(N=2)c2ccccc2CC1. The number of rotatable bonds is 3. The molecule has 1 aliphatic heterocycles. The van der Waals surface area contributed by atoms with E-state index < -0.39 is 0 Å². The molecule has 0 bridgehead atoms. The summed E-state index contributed by atoms with van der Waals surface area (Å²) in [5.74, 6) is 0. The maximum absolute atomic E-state index is 13.6. The molecule has 3 aromatic carbocycles. The number of thiazole rings is 1. The van der Waals surface area contributed by atoms with Crippen LogP contribution in [0.15, 0.2) is 105 Å². The fourth-order valence-electron chi connectivity index (χ4n) is 4.79. The molecule has 1 atom stereocenters. The molecule has 0 spiro atoms. The first-order chi connectivity index (χ1) is 16.7. The van der Waals surface area contributed by atoms with Gasteiger partial charge in [-0.2, -0.15) is 0 Å². The molecule has 5 heteroatoms. The van der Waals surface area contributed by atoms with Gasteiger partial charge >= 0.3 is 0 Å². The van der Waals surface area contributed by atoms with Crippen molar-refractivity contribution in [1.82, 2.24) is 4.57 Å². The van der Waals surface area contributed by atoms with E-state index in [9.17, 15) is 4.79 Å². The lowest BCUT2D eigenvalue weighted by atomic mass is 9.83. The molecule has 1 aliphatic carbocycles. The second-order valence-corrected chi connectivity index (χ2v) is 10.4. The fraction of sp³-hybridized carbons (Fsp3) is 0.103. The highest BCUT2D eigenvalue weighted by molar-refractivity contribution is 9.10. The standard InChI is InChI=1S/C29H21BrN2OS/c30-22-16-13-21(14-17-22)27-24-18-15-20-10-4-5-11-23(20)26(24)31-29-32(27)28(33)25(34-29)12-6-9-19-7-2-1-3-8-19/h1-14,16-17,27H,15,18H2/b9-6+,25-12?. The topological polar surface area (TPSA) is 34.4 Å². The Bertz CT molecular complexity index is 1630. The molecule has 6 rings (SSSR count). The van der Waals surface area contributed by atoms with Gasteiger partial charge in [0.15, 0.2) is 4.80 Å². The van der Waals surface area contributed by atoms with Crippen molar-refractivity contribution in [2.24, 2.45) is 4.99 Å². The molecule has 2 aliphatic rings. The van der Waals surface area contributed by atoms with Crippen LogP contribution in [0, 0.1) is 0 Å². The molecule has 0 saturated heterocycles.